The van der Waals surface area contributed by atoms with Crippen LogP contribution in [-0.4, -0.2) is 39.2 Å². The number of anilines is 2. The molecule has 1 atom stereocenters. The van der Waals surface area contributed by atoms with Gasteiger partial charge in [0, 0.05) is 43.2 Å². The smallest absolute Gasteiger partial charge is 0.230 e. The third-order valence-electron chi connectivity index (χ3n) is 4.49. The molecule has 0 spiro atoms. The zero-order valence-corrected chi connectivity index (χ0v) is 12.9. The van der Waals surface area contributed by atoms with E-state index in [1.165, 1.54) is 12.8 Å². The van der Waals surface area contributed by atoms with E-state index in [2.05, 4.69) is 30.4 Å². The van der Waals surface area contributed by atoms with Crippen molar-refractivity contribution in [3.05, 3.63) is 30.2 Å². The van der Waals surface area contributed by atoms with Crippen molar-refractivity contribution in [3.63, 3.8) is 0 Å². The fourth-order valence-corrected chi connectivity index (χ4v) is 3.06. The van der Waals surface area contributed by atoms with Crippen LogP contribution in [-0.2, 0) is 4.79 Å². The molecule has 23 heavy (non-hydrogen) atoms. The highest BCUT2D eigenvalue weighted by Gasteiger charge is 2.29. The summed E-state index contributed by atoms with van der Waals surface area (Å²) in [6, 6.07) is 3.75. The van der Waals surface area contributed by atoms with Gasteiger partial charge < -0.3 is 10.2 Å². The Morgan fingerprint density at radius 3 is 2.87 bits per heavy atom. The molecule has 1 amide bonds. The first-order valence-electron chi connectivity index (χ1n) is 8.18. The summed E-state index contributed by atoms with van der Waals surface area (Å²) in [7, 11) is 0. The number of carbonyl (C=O) groups excluding carboxylic acids is 1. The lowest BCUT2D eigenvalue weighted by Crippen LogP contribution is -2.41. The molecule has 1 aliphatic carbocycles. The van der Waals surface area contributed by atoms with Gasteiger partial charge in [-0.05, 0) is 31.7 Å². The minimum Gasteiger partial charge on any atom is -0.340 e. The van der Waals surface area contributed by atoms with Crippen LogP contribution in [0.3, 0.4) is 0 Å². The number of nitrogens with zero attached hydrogens (tertiary/aromatic N) is 4. The molecule has 3 heterocycles. The van der Waals surface area contributed by atoms with E-state index in [1.54, 1.807) is 18.5 Å². The van der Waals surface area contributed by atoms with E-state index < -0.39 is 0 Å². The third-order valence-corrected chi connectivity index (χ3v) is 4.49. The number of hydrogen-bond donors (Lipinski definition) is 2. The minimum absolute atomic E-state index is 0.0273. The number of H-pyrrole nitrogens is 1. The summed E-state index contributed by atoms with van der Waals surface area (Å²) < 4.78 is 0. The van der Waals surface area contributed by atoms with E-state index in [9.17, 15) is 4.79 Å². The van der Waals surface area contributed by atoms with Crippen LogP contribution in [0.2, 0.25) is 0 Å². The largest absolute Gasteiger partial charge is 0.340 e. The SMILES string of the molecule is O=C(Nc1cc(C2CC2)[nH]n1)C1CCCN(c2ncccn2)C1. The maximum atomic E-state index is 12.5. The molecular formula is C16H20N6O. The highest BCUT2D eigenvalue weighted by Crippen LogP contribution is 2.39. The molecule has 0 aromatic carbocycles. The van der Waals surface area contributed by atoms with Crippen molar-refractivity contribution < 1.29 is 4.79 Å². The van der Waals surface area contributed by atoms with Gasteiger partial charge in [-0.25, -0.2) is 9.97 Å². The van der Waals surface area contributed by atoms with Crippen LogP contribution < -0.4 is 10.2 Å². The van der Waals surface area contributed by atoms with Crippen molar-refractivity contribution >= 4 is 17.7 Å². The Morgan fingerprint density at radius 2 is 2.09 bits per heavy atom. The fraction of sp³-hybridized carbons (Fsp3) is 0.500. The molecule has 120 valence electrons. The van der Waals surface area contributed by atoms with E-state index in [0.717, 1.165) is 25.1 Å². The lowest BCUT2D eigenvalue weighted by molar-refractivity contribution is -0.120. The average molecular weight is 312 g/mol. The predicted molar refractivity (Wildman–Crippen MR) is 86.2 cm³/mol. The lowest BCUT2D eigenvalue weighted by atomic mass is 9.97. The van der Waals surface area contributed by atoms with Gasteiger partial charge in [0.25, 0.3) is 0 Å². The number of amides is 1. The van der Waals surface area contributed by atoms with Crippen molar-refractivity contribution in [3.8, 4) is 0 Å². The molecule has 2 N–H and O–H groups in total. The summed E-state index contributed by atoms with van der Waals surface area (Å²) in [5, 5.41) is 10.1. The normalized spacial score (nSPS) is 21.2. The minimum atomic E-state index is -0.0615. The summed E-state index contributed by atoms with van der Waals surface area (Å²) in [6.45, 7) is 1.54. The van der Waals surface area contributed by atoms with Crippen LogP contribution in [0.4, 0.5) is 11.8 Å². The number of piperidine rings is 1. The van der Waals surface area contributed by atoms with Crippen molar-refractivity contribution in [2.45, 2.75) is 31.6 Å². The van der Waals surface area contributed by atoms with Crippen molar-refractivity contribution in [2.24, 2.45) is 5.92 Å². The topological polar surface area (TPSA) is 86.8 Å². The Bertz CT molecular complexity index is 681. The first kappa shape index (κ1) is 14.2. The van der Waals surface area contributed by atoms with Crippen LogP contribution in [0.1, 0.15) is 37.3 Å². The van der Waals surface area contributed by atoms with E-state index in [1.807, 2.05) is 6.07 Å². The molecule has 7 nitrogen and oxygen atoms in total. The van der Waals surface area contributed by atoms with Crippen LogP contribution >= 0.6 is 0 Å². The number of rotatable bonds is 4. The van der Waals surface area contributed by atoms with Gasteiger partial charge in [0.05, 0.1) is 5.92 Å². The van der Waals surface area contributed by atoms with Gasteiger partial charge in [-0.15, -0.1) is 0 Å². The summed E-state index contributed by atoms with van der Waals surface area (Å²) in [5.74, 6) is 1.90. The van der Waals surface area contributed by atoms with Crippen molar-refractivity contribution in [1.82, 2.24) is 20.2 Å². The van der Waals surface area contributed by atoms with Crippen LogP contribution in [0, 0.1) is 5.92 Å². The quantitative estimate of drug-likeness (QED) is 0.901. The molecule has 0 radical (unpaired) electrons. The second-order valence-corrected chi connectivity index (χ2v) is 6.31. The molecule has 2 aromatic heterocycles. The Kier molecular flexibility index (Phi) is 3.69. The Hall–Kier alpha value is -2.44. The van der Waals surface area contributed by atoms with Gasteiger partial charge in [-0.1, -0.05) is 0 Å². The second-order valence-electron chi connectivity index (χ2n) is 6.31. The summed E-state index contributed by atoms with van der Waals surface area (Å²) in [6.07, 6.45) is 7.73. The number of aromatic nitrogens is 4. The average Bonchev–Trinajstić information content (AvgIpc) is 3.36. The van der Waals surface area contributed by atoms with Gasteiger partial charge in [0.1, 0.15) is 0 Å². The van der Waals surface area contributed by atoms with E-state index in [4.69, 9.17) is 0 Å². The van der Waals surface area contributed by atoms with Crippen LogP contribution in [0.15, 0.2) is 24.5 Å². The molecule has 4 rings (SSSR count). The summed E-state index contributed by atoms with van der Waals surface area (Å²) in [4.78, 5) is 23.1. The Morgan fingerprint density at radius 1 is 1.26 bits per heavy atom. The van der Waals surface area contributed by atoms with E-state index in [-0.39, 0.29) is 11.8 Å². The number of aromatic amines is 1. The summed E-state index contributed by atoms with van der Waals surface area (Å²) in [5.41, 5.74) is 1.13. The standard InChI is InChI=1S/C16H20N6O/c23-15(19-14-9-13(20-21-14)11-4-5-11)12-3-1-8-22(10-12)16-17-6-2-7-18-16/h2,6-7,9,11-12H,1,3-5,8,10H2,(H2,19,20,21,23). The molecule has 2 fully saturated rings. The maximum absolute atomic E-state index is 12.5. The van der Waals surface area contributed by atoms with Gasteiger partial charge in [0.15, 0.2) is 5.82 Å². The molecule has 2 aliphatic rings. The highest BCUT2D eigenvalue weighted by molar-refractivity contribution is 5.92. The number of hydrogen-bond acceptors (Lipinski definition) is 5. The van der Waals surface area contributed by atoms with Gasteiger partial charge in [-0.3, -0.25) is 9.89 Å². The van der Waals surface area contributed by atoms with Gasteiger partial charge in [-0.2, -0.15) is 5.10 Å². The summed E-state index contributed by atoms with van der Waals surface area (Å²) >= 11 is 0. The van der Waals surface area contributed by atoms with Crippen molar-refractivity contribution in [1.29, 1.82) is 0 Å². The Labute approximate surface area is 134 Å². The predicted octanol–water partition coefficient (Wildman–Crippen LogP) is 1.93. The van der Waals surface area contributed by atoms with E-state index >= 15 is 0 Å². The molecule has 0 bridgehead atoms. The maximum Gasteiger partial charge on any atom is 0.230 e. The van der Waals surface area contributed by atoms with Gasteiger partial charge >= 0.3 is 0 Å². The zero-order valence-electron chi connectivity index (χ0n) is 12.9. The second kappa shape index (κ2) is 5.98. The highest BCUT2D eigenvalue weighted by atomic mass is 16.2. The number of nitrogens with one attached hydrogen (secondary N) is 2. The van der Waals surface area contributed by atoms with E-state index in [0.29, 0.717) is 24.2 Å². The fourth-order valence-electron chi connectivity index (χ4n) is 3.06. The first-order chi connectivity index (χ1) is 11.3. The molecule has 7 heteroatoms. The molecule has 1 saturated heterocycles. The van der Waals surface area contributed by atoms with Crippen LogP contribution in [0.5, 0.6) is 0 Å². The molecule has 1 aliphatic heterocycles. The molecule has 2 aromatic rings. The molecule has 1 unspecified atom stereocenters. The third kappa shape index (κ3) is 3.18. The van der Waals surface area contributed by atoms with Crippen LogP contribution in [0.25, 0.3) is 0 Å². The number of carbonyl (C=O) groups is 1. The molecule has 1 saturated carbocycles. The van der Waals surface area contributed by atoms with Crippen molar-refractivity contribution in [2.75, 3.05) is 23.3 Å². The Balaban J connectivity index is 1.39. The monoisotopic (exact) mass is 312 g/mol. The lowest BCUT2D eigenvalue weighted by Gasteiger charge is -2.31. The zero-order chi connectivity index (χ0) is 15.6. The molecular weight excluding hydrogens is 292 g/mol. The first-order valence-corrected chi connectivity index (χ1v) is 8.18. The van der Waals surface area contributed by atoms with Gasteiger partial charge in [0.2, 0.25) is 11.9 Å².